The van der Waals surface area contributed by atoms with E-state index in [1.165, 1.54) is 77.0 Å². The van der Waals surface area contributed by atoms with E-state index in [4.69, 9.17) is 0 Å². The normalized spacial score (nSPS) is 12.5. The van der Waals surface area contributed by atoms with Gasteiger partial charge in [-0.2, -0.15) is 0 Å². The lowest BCUT2D eigenvalue weighted by Gasteiger charge is -2.10. The molecular weight excluding hydrogens is 232 g/mol. The van der Waals surface area contributed by atoms with Crippen molar-refractivity contribution >= 4 is 6.29 Å². The lowest BCUT2D eigenvalue weighted by molar-refractivity contribution is -0.107. The highest BCUT2D eigenvalue weighted by Crippen LogP contribution is 2.18. The number of aldehydes is 1. The van der Waals surface area contributed by atoms with Gasteiger partial charge >= 0.3 is 0 Å². The third kappa shape index (κ3) is 15.6. The van der Waals surface area contributed by atoms with Crippen molar-refractivity contribution in [3.05, 3.63) is 0 Å². The van der Waals surface area contributed by atoms with Gasteiger partial charge in [-0.25, -0.2) is 0 Å². The van der Waals surface area contributed by atoms with Gasteiger partial charge in [-0.3, -0.25) is 0 Å². The molecule has 0 heterocycles. The van der Waals surface area contributed by atoms with E-state index in [-0.39, 0.29) is 0 Å². The Hall–Kier alpha value is -0.330. The number of carbonyl (C=O) groups is 1. The van der Waals surface area contributed by atoms with E-state index in [1.807, 2.05) is 0 Å². The second-order valence-electron chi connectivity index (χ2n) is 6.17. The molecule has 0 radical (unpaired) electrons. The van der Waals surface area contributed by atoms with Crippen LogP contribution in [0.15, 0.2) is 0 Å². The molecule has 0 bridgehead atoms. The van der Waals surface area contributed by atoms with E-state index in [9.17, 15) is 4.79 Å². The van der Waals surface area contributed by atoms with Crippen molar-refractivity contribution in [2.75, 3.05) is 0 Å². The average Bonchev–Trinajstić information content (AvgIpc) is 2.41. The summed E-state index contributed by atoms with van der Waals surface area (Å²) in [5.41, 5.74) is 0. The Morgan fingerprint density at radius 2 is 1.21 bits per heavy atom. The topological polar surface area (TPSA) is 17.1 Å². The van der Waals surface area contributed by atoms with Crippen LogP contribution < -0.4 is 0 Å². The SMILES string of the molecule is CCCCCCCCCC(C)CCCCCCC=O. The van der Waals surface area contributed by atoms with Crippen LogP contribution >= 0.6 is 0 Å². The van der Waals surface area contributed by atoms with E-state index in [2.05, 4.69) is 13.8 Å². The minimum Gasteiger partial charge on any atom is -0.303 e. The van der Waals surface area contributed by atoms with Crippen LogP contribution in [-0.2, 0) is 4.79 Å². The first-order chi connectivity index (χ1) is 9.31. The zero-order chi connectivity index (χ0) is 14.2. The van der Waals surface area contributed by atoms with Crippen LogP contribution in [0.3, 0.4) is 0 Å². The molecule has 0 aromatic carbocycles. The Kier molecular flexibility index (Phi) is 15.5. The first-order valence-electron chi connectivity index (χ1n) is 8.74. The molecule has 0 saturated heterocycles. The van der Waals surface area contributed by atoms with Crippen LogP contribution in [0.2, 0.25) is 0 Å². The Bertz CT molecular complexity index is 177. The lowest BCUT2D eigenvalue weighted by atomic mass is 9.96. The van der Waals surface area contributed by atoms with Gasteiger partial charge in [0.25, 0.3) is 0 Å². The van der Waals surface area contributed by atoms with Gasteiger partial charge in [0.05, 0.1) is 0 Å². The van der Waals surface area contributed by atoms with Crippen LogP contribution in [-0.4, -0.2) is 6.29 Å². The molecule has 114 valence electrons. The Balaban J connectivity index is 3.12. The monoisotopic (exact) mass is 268 g/mol. The van der Waals surface area contributed by atoms with E-state index in [0.717, 1.165) is 25.0 Å². The third-order valence-electron chi connectivity index (χ3n) is 4.07. The molecule has 1 unspecified atom stereocenters. The average molecular weight is 268 g/mol. The number of carbonyl (C=O) groups excluding carboxylic acids is 1. The van der Waals surface area contributed by atoms with E-state index in [0.29, 0.717) is 0 Å². The standard InChI is InChI=1S/C18H36O/c1-3-4-5-6-7-9-12-15-18(2)16-13-10-8-11-14-17-19/h17-18H,3-16H2,1-2H3. The number of rotatable bonds is 15. The summed E-state index contributed by atoms with van der Waals surface area (Å²) in [7, 11) is 0. The molecule has 0 spiro atoms. The molecule has 0 rings (SSSR count). The summed E-state index contributed by atoms with van der Waals surface area (Å²) in [4.78, 5) is 10.2. The minimum absolute atomic E-state index is 0.758. The highest BCUT2D eigenvalue weighted by atomic mass is 16.1. The van der Waals surface area contributed by atoms with Crippen molar-refractivity contribution in [3.8, 4) is 0 Å². The maximum absolute atomic E-state index is 10.2. The summed E-state index contributed by atoms with van der Waals surface area (Å²) in [6.07, 6.45) is 19.6. The van der Waals surface area contributed by atoms with Gasteiger partial charge in [-0.15, -0.1) is 0 Å². The first kappa shape index (κ1) is 18.7. The molecule has 1 heteroatoms. The number of hydrogen-bond donors (Lipinski definition) is 0. The summed E-state index contributed by atoms with van der Waals surface area (Å²) >= 11 is 0. The van der Waals surface area contributed by atoms with Crippen molar-refractivity contribution < 1.29 is 4.79 Å². The van der Waals surface area contributed by atoms with Crippen molar-refractivity contribution in [3.63, 3.8) is 0 Å². The number of unbranched alkanes of at least 4 members (excludes halogenated alkanes) is 10. The van der Waals surface area contributed by atoms with Crippen molar-refractivity contribution in [1.82, 2.24) is 0 Å². The fourth-order valence-corrected chi connectivity index (χ4v) is 2.67. The highest BCUT2D eigenvalue weighted by Gasteiger charge is 2.02. The molecule has 0 aromatic heterocycles. The van der Waals surface area contributed by atoms with Gasteiger partial charge in [-0.1, -0.05) is 90.9 Å². The molecule has 19 heavy (non-hydrogen) atoms. The highest BCUT2D eigenvalue weighted by molar-refractivity contribution is 5.48. The Labute approximate surface area is 121 Å². The van der Waals surface area contributed by atoms with Gasteiger partial charge in [0, 0.05) is 6.42 Å². The molecular formula is C18H36O. The fourth-order valence-electron chi connectivity index (χ4n) is 2.67. The summed E-state index contributed by atoms with van der Waals surface area (Å²) in [5, 5.41) is 0. The molecule has 0 N–H and O–H groups in total. The molecule has 1 atom stereocenters. The van der Waals surface area contributed by atoms with Crippen LogP contribution in [0.1, 0.15) is 104 Å². The second kappa shape index (κ2) is 15.7. The molecule has 1 nitrogen and oxygen atoms in total. The molecule has 0 aliphatic carbocycles. The summed E-state index contributed by atoms with van der Waals surface area (Å²) in [6.45, 7) is 4.68. The summed E-state index contributed by atoms with van der Waals surface area (Å²) in [5.74, 6) is 0.904. The van der Waals surface area contributed by atoms with Gasteiger partial charge in [0.1, 0.15) is 6.29 Å². The maximum atomic E-state index is 10.2. The smallest absolute Gasteiger partial charge is 0.119 e. The molecule has 0 aliphatic rings. The van der Waals surface area contributed by atoms with Gasteiger partial charge < -0.3 is 4.79 Å². The van der Waals surface area contributed by atoms with Crippen LogP contribution in [0.25, 0.3) is 0 Å². The quantitative estimate of drug-likeness (QED) is 0.251. The fraction of sp³-hybridized carbons (Fsp3) is 0.944. The molecule has 0 amide bonds. The lowest BCUT2D eigenvalue weighted by Crippen LogP contribution is -1.95. The van der Waals surface area contributed by atoms with Crippen molar-refractivity contribution in [2.24, 2.45) is 5.92 Å². The van der Waals surface area contributed by atoms with Crippen molar-refractivity contribution in [2.45, 2.75) is 104 Å². The van der Waals surface area contributed by atoms with Gasteiger partial charge in [0.2, 0.25) is 0 Å². The van der Waals surface area contributed by atoms with E-state index >= 15 is 0 Å². The third-order valence-corrected chi connectivity index (χ3v) is 4.07. The Morgan fingerprint density at radius 3 is 1.74 bits per heavy atom. The molecule has 0 saturated carbocycles. The Morgan fingerprint density at radius 1 is 0.737 bits per heavy atom. The number of hydrogen-bond acceptors (Lipinski definition) is 1. The van der Waals surface area contributed by atoms with Crippen molar-refractivity contribution in [1.29, 1.82) is 0 Å². The largest absolute Gasteiger partial charge is 0.303 e. The van der Waals surface area contributed by atoms with E-state index < -0.39 is 0 Å². The van der Waals surface area contributed by atoms with Gasteiger partial charge in [-0.05, 0) is 12.3 Å². The second-order valence-corrected chi connectivity index (χ2v) is 6.17. The predicted molar refractivity (Wildman–Crippen MR) is 85.5 cm³/mol. The zero-order valence-corrected chi connectivity index (χ0v) is 13.5. The molecule has 0 aliphatic heterocycles. The summed E-state index contributed by atoms with van der Waals surface area (Å²) in [6, 6.07) is 0. The maximum Gasteiger partial charge on any atom is 0.119 e. The van der Waals surface area contributed by atoms with E-state index in [1.54, 1.807) is 0 Å². The van der Waals surface area contributed by atoms with Gasteiger partial charge in [0.15, 0.2) is 0 Å². The molecule has 0 aromatic rings. The van der Waals surface area contributed by atoms with Crippen LogP contribution in [0.5, 0.6) is 0 Å². The summed E-state index contributed by atoms with van der Waals surface area (Å²) < 4.78 is 0. The van der Waals surface area contributed by atoms with Crippen LogP contribution in [0, 0.1) is 5.92 Å². The predicted octanol–water partition coefficient (Wildman–Crippen LogP) is 6.30. The zero-order valence-electron chi connectivity index (χ0n) is 13.5. The molecule has 0 fully saturated rings. The van der Waals surface area contributed by atoms with Crippen LogP contribution in [0.4, 0.5) is 0 Å². The first-order valence-corrected chi connectivity index (χ1v) is 8.74. The minimum atomic E-state index is 0.758.